The van der Waals surface area contributed by atoms with E-state index in [-0.39, 0.29) is 5.56 Å². The molecule has 3 rings (SSSR count). The minimum absolute atomic E-state index is 0.120. The molecule has 0 atom stereocenters. The number of aromatic nitrogens is 2. The molecule has 0 bridgehead atoms. The van der Waals surface area contributed by atoms with Gasteiger partial charge < -0.3 is 10.3 Å². The van der Waals surface area contributed by atoms with Crippen molar-refractivity contribution in [2.24, 2.45) is 0 Å². The van der Waals surface area contributed by atoms with Crippen LogP contribution in [0.2, 0.25) is 0 Å². The molecule has 0 saturated heterocycles. The van der Waals surface area contributed by atoms with Crippen molar-refractivity contribution >= 4 is 43.2 Å². The molecule has 7 heteroatoms. The molecule has 104 valence electrons. The highest BCUT2D eigenvalue weighted by molar-refractivity contribution is 9.10. The van der Waals surface area contributed by atoms with Crippen LogP contribution in [0.25, 0.3) is 10.2 Å². The summed E-state index contributed by atoms with van der Waals surface area (Å²) in [6.07, 6.45) is 0. The van der Waals surface area contributed by atoms with E-state index in [1.54, 1.807) is 12.1 Å². The zero-order valence-electron chi connectivity index (χ0n) is 10.7. The molecule has 0 fully saturated rings. The van der Waals surface area contributed by atoms with Gasteiger partial charge in [0.2, 0.25) is 0 Å². The van der Waals surface area contributed by atoms with Crippen molar-refractivity contribution in [3.63, 3.8) is 0 Å². The van der Waals surface area contributed by atoms with E-state index in [4.69, 9.17) is 5.26 Å². The number of nitriles is 1. The number of benzene rings is 1. The molecule has 0 amide bonds. The maximum atomic E-state index is 11.9. The van der Waals surface area contributed by atoms with Gasteiger partial charge in [0.25, 0.3) is 5.56 Å². The van der Waals surface area contributed by atoms with E-state index in [0.717, 1.165) is 10.2 Å². The Morgan fingerprint density at radius 3 is 3.05 bits per heavy atom. The molecule has 0 saturated carbocycles. The van der Waals surface area contributed by atoms with Crippen molar-refractivity contribution in [2.75, 3.05) is 5.32 Å². The Morgan fingerprint density at radius 2 is 2.29 bits per heavy atom. The van der Waals surface area contributed by atoms with E-state index in [1.807, 2.05) is 17.5 Å². The number of hydrogen-bond acceptors (Lipinski definition) is 5. The molecular weight excluding hydrogens is 352 g/mol. The Balaban J connectivity index is 1.83. The van der Waals surface area contributed by atoms with Crippen LogP contribution in [-0.2, 0) is 6.54 Å². The Morgan fingerprint density at radius 1 is 1.43 bits per heavy atom. The van der Waals surface area contributed by atoms with Crippen LogP contribution in [0.4, 0.5) is 5.69 Å². The van der Waals surface area contributed by atoms with Gasteiger partial charge in [0.15, 0.2) is 0 Å². The molecule has 2 aromatic heterocycles. The number of halogens is 1. The summed E-state index contributed by atoms with van der Waals surface area (Å²) in [6.45, 7) is 0.394. The van der Waals surface area contributed by atoms with Crippen LogP contribution in [0.5, 0.6) is 0 Å². The predicted molar refractivity (Wildman–Crippen MR) is 86.4 cm³/mol. The molecule has 3 aromatic rings. The number of fused-ring (bicyclic) bond motifs is 1. The van der Waals surface area contributed by atoms with Gasteiger partial charge in [0, 0.05) is 10.2 Å². The van der Waals surface area contributed by atoms with Gasteiger partial charge in [0.1, 0.15) is 10.5 Å². The molecule has 0 aliphatic carbocycles. The van der Waals surface area contributed by atoms with E-state index in [1.165, 1.54) is 11.3 Å². The second-order valence-electron chi connectivity index (χ2n) is 4.31. The minimum atomic E-state index is -0.120. The number of thiophene rings is 1. The number of rotatable bonds is 3. The van der Waals surface area contributed by atoms with Crippen LogP contribution in [0, 0.1) is 11.3 Å². The summed E-state index contributed by atoms with van der Waals surface area (Å²) >= 11 is 4.78. The average Bonchev–Trinajstić information content (AvgIpc) is 2.95. The average molecular weight is 361 g/mol. The van der Waals surface area contributed by atoms with E-state index < -0.39 is 0 Å². The predicted octanol–water partition coefficient (Wildman–Crippen LogP) is 3.23. The van der Waals surface area contributed by atoms with Gasteiger partial charge in [-0.05, 0) is 45.6 Å². The van der Waals surface area contributed by atoms with Gasteiger partial charge in [-0.3, -0.25) is 4.79 Å². The second-order valence-corrected chi connectivity index (χ2v) is 6.08. The third-order valence-electron chi connectivity index (χ3n) is 2.91. The molecule has 0 aliphatic heterocycles. The fourth-order valence-corrected chi connectivity index (χ4v) is 3.16. The lowest BCUT2D eigenvalue weighted by molar-refractivity contribution is 0.955. The summed E-state index contributed by atoms with van der Waals surface area (Å²) in [7, 11) is 0. The largest absolute Gasteiger partial charge is 0.377 e. The molecule has 1 aromatic carbocycles. The molecule has 5 nitrogen and oxygen atoms in total. The van der Waals surface area contributed by atoms with E-state index in [2.05, 4.69) is 37.3 Å². The van der Waals surface area contributed by atoms with E-state index in [0.29, 0.717) is 28.1 Å². The van der Waals surface area contributed by atoms with Crippen LogP contribution in [0.1, 0.15) is 11.4 Å². The normalized spacial score (nSPS) is 10.5. The summed E-state index contributed by atoms with van der Waals surface area (Å²) in [5, 5.41) is 13.9. The number of nitrogens with zero attached hydrogens (tertiary/aromatic N) is 2. The van der Waals surface area contributed by atoms with Crippen molar-refractivity contribution < 1.29 is 0 Å². The SMILES string of the molecule is N#Cc1ccc(NCc2nc3ccsc3c(=O)[nH]2)c(Br)c1. The van der Waals surface area contributed by atoms with Crippen LogP contribution in [0.15, 0.2) is 38.9 Å². The summed E-state index contributed by atoms with van der Waals surface area (Å²) in [4.78, 5) is 19.0. The number of hydrogen-bond donors (Lipinski definition) is 2. The number of nitrogens with one attached hydrogen (secondary N) is 2. The molecule has 0 unspecified atom stereocenters. The number of anilines is 1. The second kappa shape index (κ2) is 5.68. The highest BCUT2D eigenvalue weighted by Crippen LogP contribution is 2.23. The summed E-state index contributed by atoms with van der Waals surface area (Å²) in [5.74, 6) is 0.571. The lowest BCUT2D eigenvalue weighted by Crippen LogP contribution is -2.13. The Kier molecular flexibility index (Phi) is 3.73. The lowest BCUT2D eigenvalue weighted by Gasteiger charge is -2.08. The standard InChI is InChI=1S/C14H9BrN4OS/c15-9-5-8(6-16)1-2-10(9)17-7-12-18-11-3-4-21-13(11)14(20)19-12/h1-5,17H,7H2,(H,18,19,20). The molecule has 0 radical (unpaired) electrons. The Labute approximate surface area is 132 Å². The van der Waals surface area contributed by atoms with Crippen LogP contribution >= 0.6 is 27.3 Å². The third-order valence-corrected chi connectivity index (χ3v) is 4.47. The summed E-state index contributed by atoms with van der Waals surface area (Å²) < 4.78 is 1.43. The van der Waals surface area contributed by atoms with Crippen molar-refractivity contribution in [2.45, 2.75) is 6.54 Å². The Bertz CT molecular complexity index is 909. The lowest BCUT2D eigenvalue weighted by atomic mass is 10.2. The molecule has 2 heterocycles. The Hall–Kier alpha value is -2.17. The monoisotopic (exact) mass is 360 g/mol. The highest BCUT2D eigenvalue weighted by atomic mass is 79.9. The van der Waals surface area contributed by atoms with Crippen molar-refractivity contribution in [3.05, 3.63) is 55.9 Å². The first kappa shape index (κ1) is 13.8. The molecule has 2 N–H and O–H groups in total. The first-order valence-electron chi connectivity index (χ1n) is 6.07. The van der Waals surface area contributed by atoms with Gasteiger partial charge >= 0.3 is 0 Å². The quantitative estimate of drug-likeness (QED) is 0.751. The molecular formula is C14H9BrN4OS. The van der Waals surface area contributed by atoms with Gasteiger partial charge in [-0.1, -0.05) is 0 Å². The third kappa shape index (κ3) is 2.82. The minimum Gasteiger partial charge on any atom is -0.377 e. The number of aromatic amines is 1. The van der Waals surface area contributed by atoms with Gasteiger partial charge in [-0.25, -0.2) is 4.98 Å². The first-order chi connectivity index (χ1) is 10.2. The molecule has 0 spiro atoms. The maximum absolute atomic E-state index is 11.9. The van der Waals surface area contributed by atoms with Crippen LogP contribution in [-0.4, -0.2) is 9.97 Å². The molecule has 21 heavy (non-hydrogen) atoms. The van der Waals surface area contributed by atoms with Gasteiger partial charge in [-0.15, -0.1) is 11.3 Å². The van der Waals surface area contributed by atoms with E-state index >= 15 is 0 Å². The first-order valence-corrected chi connectivity index (χ1v) is 7.74. The van der Waals surface area contributed by atoms with E-state index in [9.17, 15) is 4.79 Å². The summed E-state index contributed by atoms with van der Waals surface area (Å²) in [5.41, 5.74) is 2.01. The van der Waals surface area contributed by atoms with Gasteiger partial charge in [-0.2, -0.15) is 5.26 Å². The smallest absolute Gasteiger partial charge is 0.268 e. The maximum Gasteiger partial charge on any atom is 0.268 e. The topological polar surface area (TPSA) is 81.6 Å². The fraction of sp³-hybridized carbons (Fsp3) is 0.0714. The van der Waals surface area contributed by atoms with Crippen molar-refractivity contribution in [3.8, 4) is 6.07 Å². The zero-order valence-corrected chi connectivity index (χ0v) is 13.1. The van der Waals surface area contributed by atoms with Crippen LogP contribution in [0.3, 0.4) is 0 Å². The zero-order chi connectivity index (χ0) is 14.8. The van der Waals surface area contributed by atoms with Gasteiger partial charge in [0.05, 0.1) is 23.7 Å². The number of H-pyrrole nitrogens is 1. The van der Waals surface area contributed by atoms with Crippen LogP contribution < -0.4 is 10.9 Å². The summed E-state index contributed by atoms with van der Waals surface area (Å²) in [6, 6.07) is 9.18. The fourth-order valence-electron chi connectivity index (χ4n) is 1.91. The molecule has 0 aliphatic rings. The van der Waals surface area contributed by atoms with Crippen molar-refractivity contribution in [1.29, 1.82) is 5.26 Å². The van der Waals surface area contributed by atoms with Crippen molar-refractivity contribution in [1.82, 2.24) is 9.97 Å². The highest BCUT2D eigenvalue weighted by Gasteiger charge is 2.06.